The summed E-state index contributed by atoms with van der Waals surface area (Å²) in [5, 5.41) is 13.0. The molecule has 1 amide bonds. The van der Waals surface area contributed by atoms with Crippen LogP contribution in [0.25, 0.3) is 0 Å². The van der Waals surface area contributed by atoms with E-state index in [0.717, 1.165) is 0 Å². The van der Waals surface area contributed by atoms with Crippen LogP contribution in [0.15, 0.2) is 24.3 Å². The smallest absolute Gasteiger partial charge is 0.269 e. The molecule has 0 saturated heterocycles. The van der Waals surface area contributed by atoms with Crippen LogP contribution in [0.1, 0.15) is 12.8 Å². The molecule has 0 aliphatic carbocycles. The van der Waals surface area contributed by atoms with E-state index in [0.29, 0.717) is 25.1 Å². The fourth-order valence-electron chi connectivity index (χ4n) is 1.15. The molecule has 86 valence electrons. The Morgan fingerprint density at radius 1 is 1.38 bits per heavy atom. The van der Waals surface area contributed by atoms with Crippen molar-refractivity contribution in [1.82, 2.24) is 0 Å². The summed E-state index contributed by atoms with van der Waals surface area (Å²) in [6.07, 6.45) is 0.978. The highest BCUT2D eigenvalue weighted by atomic mass is 16.6. The second kappa shape index (κ2) is 5.82. The lowest BCUT2D eigenvalue weighted by molar-refractivity contribution is -0.384. The van der Waals surface area contributed by atoms with E-state index in [9.17, 15) is 14.9 Å². The van der Waals surface area contributed by atoms with Gasteiger partial charge in [-0.2, -0.15) is 0 Å². The van der Waals surface area contributed by atoms with Gasteiger partial charge in [-0.3, -0.25) is 14.9 Å². The van der Waals surface area contributed by atoms with Crippen LogP contribution in [-0.2, 0) is 4.79 Å². The minimum Gasteiger partial charge on any atom is -0.330 e. The molecule has 0 atom stereocenters. The monoisotopic (exact) mass is 223 g/mol. The quantitative estimate of drug-likeness (QED) is 0.580. The van der Waals surface area contributed by atoms with Gasteiger partial charge in [0.25, 0.3) is 5.69 Å². The van der Waals surface area contributed by atoms with Gasteiger partial charge in [-0.1, -0.05) is 0 Å². The lowest BCUT2D eigenvalue weighted by atomic mass is 10.2. The Kier molecular flexibility index (Phi) is 4.41. The van der Waals surface area contributed by atoms with Gasteiger partial charge in [0.1, 0.15) is 0 Å². The Labute approximate surface area is 92.6 Å². The molecule has 0 radical (unpaired) electrons. The Morgan fingerprint density at radius 2 is 2.00 bits per heavy atom. The van der Waals surface area contributed by atoms with Crippen molar-refractivity contribution in [2.75, 3.05) is 11.9 Å². The highest BCUT2D eigenvalue weighted by Crippen LogP contribution is 2.15. The molecule has 6 nitrogen and oxygen atoms in total. The van der Waals surface area contributed by atoms with Gasteiger partial charge in [0.05, 0.1) is 4.92 Å². The van der Waals surface area contributed by atoms with Gasteiger partial charge in [0.15, 0.2) is 0 Å². The van der Waals surface area contributed by atoms with Crippen molar-refractivity contribution in [2.45, 2.75) is 12.8 Å². The molecule has 0 aliphatic heterocycles. The summed E-state index contributed by atoms with van der Waals surface area (Å²) in [7, 11) is 0. The minimum absolute atomic E-state index is 0.0000397. The van der Waals surface area contributed by atoms with Crippen LogP contribution in [0.3, 0.4) is 0 Å². The van der Waals surface area contributed by atoms with Crippen LogP contribution in [0.2, 0.25) is 0 Å². The molecule has 1 aromatic carbocycles. The number of rotatable bonds is 5. The molecule has 0 saturated carbocycles. The largest absolute Gasteiger partial charge is 0.330 e. The van der Waals surface area contributed by atoms with Gasteiger partial charge in [0.2, 0.25) is 5.91 Å². The Morgan fingerprint density at radius 3 is 2.50 bits per heavy atom. The van der Waals surface area contributed by atoms with E-state index < -0.39 is 4.92 Å². The summed E-state index contributed by atoms with van der Waals surface area (Å²) in [4.78, 5) is 21.2. The van der Waals surface area contributed by atoms with E-state index in [4.69, 9.17) is 5.73 Å². The number of amides is 1. The molecule has 3 N–H and O–H groups in total. The molecule has 0 fully saturated rings. The number of non-ortho nitro benzene ring substituents is 1. The third-order valence-electron chi connectivity index (χ3n) is 1.97. The van der Waals surface area contributed by atoms with E-state index in [1.54, 1.807) is 0 Å². The first-order valence-electron chi connectivity index (χ1n) is 4.88. The maximum atomic E-state index is 11.3. The lowest BCUT2D eigenvalue weighted by Crippen LogP contribution is -2.13. The first-order chi connectivity index (χ1) is 7.63. The lowest BCUT2D eigenvalue weighted by Gasteiger charge is -2.03. The molecule has 6 heteroatoms. The van der Waals surface area contributed by atoms with Crippen LogP contribution in [0.5, 0.6) is 0 Å². The van der Waals surface area contributed by atoms with Crippen LogP contribution >= 0.6 is 0 Å². The fraction of sp³-hybridized carbons (Fsp3) is 0.300. The molecule has 0 spiro atoms. The average Bonchev–Trinajstić information content (AvgIpc) is 2.27. The normalized spacial score (nSPS) is 9.81. The second-order valence-electron chi connectivity index (χ2n) is 3.24. The summed E-state index contributed by atoms with van der Waals surface area (Å²) in [6.45, 7) is 0.466. The topological polar surface area (TPSA) is 98.3 Å². The standard InChI is InChI=1S/C10H13N3O3/c11-7-1-2-10(14)12-8-3-5-9(6-4-8)13(15)16/h3-6H,1-2,7,11H2,(H,12,14). The van der Waals surface area contributed by atoms with Crippen molar-refractivity contribution >= 4 is 17.3 Å². The van der Waals surface area contributed by atoms with Crippen molar-refractivity contribution in [3.8, 4) is 0 Å². The summed E-state index contributed by atoms with van der Waals surface area (Å²) < 4.78 is 0. The Balaban J connectivity index is 2.55. The predicted octanol–water partition coefficient (Wildman–Crippen LogP) is 1.27. The number of nitro groups is 1. The number of anilines is 1. The molecule has 1 aromatic rings. The third-order valence-corrected chi connectivity index (χ3v) is 1.97. The van der Waals surface area contributed by atoms with Gasteiger partial charge in [-0.15, -0.1) is 0 Å². The highest BCUT2D eigenvalue weighted by molar-refractivity contribution is 5.90. The van der Waals surface area contributed by atoms with Crippen LogP contribution in [0.4, 0.5) is 11.4 Å². The SMILES string of the molecule is NCCCC(=O)Nc1ccc([N+](=O)[O-])cc1. The van der Waals surface area contributed by atoms with Crippen molar-refractivity contribution in [3.63, 3.8) is 0 Å². The number of carbonyl (C=O) groups is 1. The zero-order valence-electron chi connectivity index (χ0n) is 8.68. The summed E-state index contributed by atoms with van der Waals surface area (Å²) in [5.74, 6) is -0.140. The Bertz CT molecular complexity index is 375. The predicted molar refractivity (Wildman–Crippen MR) is 60.0 cm³/mol. The van der Waals surface area contributed by atoms with Crippen molar-refractivity contribution < 1.29 is 9.72 Å². The van der Waals surface area contributed by atoms with Crippen molar-refractivity contribution in [1.29, 1.82) is 0 Å². The molecule has 0 heterocycles. The maximum absolute atomic E-state index is 11.3. The maximum Gasteiger partial charge on any atom is 0.269 e. The van der Waals surface area contributed by atoms with E-state index in [1.165, 1.54) is 24.3 Å². The number of hydrogen-bond acceptors (Lipinski definition) is 4. The summed E-state index contributed by atoms with van der Waals surface area (Å²) in [5.41, 5.74) is 5.82. The Hall–Kier alpha value is -1.95. The van der Waals surface area contributed by atoms with Gasteiger partial charge >= 0.3 is 0 Å². The molecular formula is C10H13N3O3. The fourth-order valence-corrected chi connectivity index (χ4v) is 1.15. The number of hydrogen-bond donors (Lipinski definition) is 2. The molecule has 0 aliphatic rings. The summed E-state index contributed by atoms with van der Waals surface area (Å²) >= 11 is 0. The molecule has 0 bridgehead atoms. The van der Waals surface area contributed by atoms with E-state index >= 15 is 0 Å². The van der Waals surface area contributed by atoms with Crippen LogP contribution in [0, 0.1) is 10.1 Å². The van der Waals surface area contributed by atoms with Gasteiger partial charge in [0, 0.05) is 24.2 Å². The first kappa shape index (κ1) is 12.1. The number of carbonyl (C=O) groups excluding carboxylic acids is 1. The zero-order valence-corrected chi connectivity index (χ0v) is 8.68. The molecule has 0 aromatic heterocycles. The van der Waals surface area contributed by atoms with Crippen LogP contribution < -0.4 is 11.1 Å². The third kappa shape index (κ3) is 3.66. The average molecular weight is 223 g/mol. The molecule has 1 rings (SSSR count). The number of nitrogens with two attached hydrogens (primary N) is 1. The minimum atomic E-state index is -0.486. The molecule has 16 heavy (non-hydrogen) atoms. The van der Waals surface area contributed by atoms with Crippen molar-refractivity contribution in [3.05, 3.63) is 34.4 Å². The number of benzene rings is 1. The van der Waals surface area contributed by atoms with E-state index in [1.807, 2.05) is 0 Å². The number of nitrogens with one attached hydrogen (secondary N) is 1. The van der Waals surface area contributed by atoms with E-state index in [2.05, 4.69) is 5.32 Å². The van der Waals surface area contributed by atoms with Gasteiger partial charge in [-0.05, 0) is 25.1 Å². The second-order valence-corrected chi connectivity index (χ2v) is 3.24. The van der Waals surface area contributed by atoms with E-state index in [-0.39, 0.29) is 11.6 Å². The summed E-state index contributed by atoms with van der Waals surface area (Å²) in [6, 6.07) is 5.69. The molecular weight excluding hydrogens is 210 g/mol. The van der Waals surface area contributed by atoms with Crippen LogP contribution in [-0.4, -0.2) is 17.4 Å². The highest BCUT2D eigenvalue weighted by Gasteiger charge is 2.05. The molecule has 0 unspecified atom stereocenters. The number of nitro benzene ring substituents is 1. The van der Waals surface area contributed by atoms with Gasteiger partial charge in [-0.25, -0.2) is 0 Å². The van der Waals surface area contributed by atoms with Gasteiger partial charge < -0.3 is 11.1 Å². The zero-order chi connectivity index (χ0) is 12.0. The van der Waals surface area contributed by atoms with Crippen molar-refractivity contribution in [2.24, 2.45) is 5.73 Å². The number of nitrogens with zero attached hydrogens (tertiary/aromatic N) is 1. The first-order valence-corrected chi connectivity index (χ1v) is 4.88.